The number of hydrogen-bond donors (Lipinski definition) is 1. The highest BCUT2D eigenvalue weighted by atomic mass is 16.5. The van der Waals surface area contributed by atoms with E-state index in [0.29, 0.717) is 6.42 Å². The van der Waals surface area contributed by atoms with Crippen LogP contribution in [-0.4, -0.2) is 36.0 Å². The maximum absolute atomic E-state index is 12.4. The quantitative estimate of drug-likeness (QED) is 0.835. The fourth-order valence-corrected chi connectivity index (χ4v) is 4.81. The van der Waals surface area contributed by atoms with Crippen molar-refractivity contribution in [1.82, 2.24) is 10.2 Å². The van der Waals surface area contributed by atoms with E-state index in [1.54, 1.807) is 0 Å². The van der Waals surface area contributed by atoms with Gasteiger partial charge in [0.15, 0.2) is 0 Å². The van der Waals surface area contributed by atoms with Gasteiger partial charge < -0.3 is 10.1 Å². The van der Waals surface area contributed by atoms with Gasteiger partial charge in [0.05, 0.1) is 18.1 Å². The summed E-state index contributed by atoms with van der Waals surface area (Å²) >= 11 is 0. The Labute approximate surface area is 174 Å². The molecule has 0 bridgehead atoms. The van der Waals surface area contributed by atoms with E-state index in [2.05, 4.69) is 64.8 Å². The zero-order valence-electron chi connectivity index (χ0n) is 17.6. The second-order valence-corrected chi connectivity index (χ2v) is 8.78. The van der Waals surface area contributed by atoms with E-state index in [1.165, 1.54) is 16.7 Å². The zero-order valence-corrected chi connectivity index (χ0v) is 17.6. The molecule has 29 heavy (non-hydrogen) atoms. The summed E-state index contributed by atoms with van der Waals surface area (Å²) in [5.74, 6) is 0.0843. The molecule has 0 aromatic heterocycles. The predicted octanol–water partition coefficient (Wildman–Crippen LogP) is 4.03. The van der Waals surface area contributed by atoms with E-state index in [0.717, 1.165) is 38.9 Å². The van der Waals surface area contributed by atoms with Gasteiger partial charge in [0.25, 0.3) is 0 Å². The number of piperidine rings is 1. The molecule has 1 fully saturated rings. The molecular formula is C25H32N2O2. The molecule has 1 amide bonds. The van der Waals surface area contributed by atoms with Crippen LogP contribution in [0.2, 0.25) is 0 Å². The van der Waals surface area contributed by atoms with Gasteiger partial charge in [0.2, 0.25) is 5.91 Å². The fraction of sp³-hybridized carbons (Fsp3) is 0.480. The van der Waals surface area contributed by atoms with Gasteiger partial charge in [-0.25, -0.2) is 0 Å². The van der Waals surface area contributed by atoms with Crippen LogP contribution in [0.4, 0.5) is 0 Å². The Morgan fingerprint density at radius 1 is 1.10 bits per heavy atom. The van der Waals surface area contributed by atoms with Crippen molar-refractivity contribution >= 4 is 5.91 Å². The lowest BCUT2D eigenvalue weighted by Gasteiger charge is -2.47. The Bertz CT molecular complexity index is 826. The van der Waals surface area contributed by atoms with Gasteiger partial charge in [-0.15, -0.1) is 0 Å². The lowest BCUT2D eigenvalue weighted by atomic mass is 9.77. The third-order valence-corrected chi connectivity index (χ3v) is 6.12. The molecule has 4 heteroatoms. The molecule has 1 atom stereocenters. The number of nitrogens with one attached hydrogen (secondary N) is 1. The van der Waals surface area contributed by atoms with Crippen molar-refractivity contribution in [2.75, 3.05) is 13.1 Å². The van der Waals surface area contributed by atoms with E-state index in [-0.39, 0.29) is 23.7 Å². The van der Waals surface area contributed by atoms with Gasteiger partial charge in [0.1, 0.15) is 0 Å². The van der Waals surface area contributed by atoms with Crippen LogP contribution in [0, 0.1) is 0 Å². The van der Waals surface area contributed by atoms with Crippen LogP contribution < -0.4 is 5.32 Å². The minimum Gasteiger partial charge on any atom is -0.366 e. The average molecular weight is 393 g/mol. The number of amides is 1. The number of carbonyl (C=O) groups is 1. The molecule has 154 valence electrons. The number of ether oxygens (including phenoxy) is 1. The molecule has 4 nitrogen and oxygen atoms in total. The molecule has 1 unspecified atom stereocenters. The van der Waals surface area contributed by atoms with E-state index in [4.69, 9.17) is 4.74 Å². The highest BCUT2D eigenvalue weighted by molar-refractivity contribution is 5.76. The summed E-state index contributed by atoms with van der Waals surface area (Å²) in [5.41, 5.74) is 3.78. The monoisotopic (exact) mass is 392 g/mol. The Morgan fingerprint density at radius 3 is 2.52 bits per heavy atom. The summed E-state index contributed by atoms with van der Waals surface area (Å²) in [6.45, 7) is 7.00. The number of rotatable bonds is 5. The molecule has 0 saturated carbocycles. The maximum Gasteiger partial charge on any atom is 0.222 e. The number of carbonyl (C=O) groups excluding carboxylic acids is 1. The maximum atomic E-state index is 12.4. The predicted molar refractivity (Wildman–Crippen MR) is 116 cm³/mol. The van der Waals surface area contributed by atoms with Crippen molar-refractivity contribution in [3.8, 4) is 0 Å². The number of likely N-dealkylation sites (tertiary alicyclic amines) is 1. The standard InChI is InChI=1S/C25H32N2O2/c1-19(2)26-24(28)17-22-16-21-10-6-7-11-23(21)25(29-22)12-14-27(15-13-25)18-20-8-4-3-5-9-20/h3-11,19,22H,12-18H2,1-2H3,(H,26,28). The molecule has 1 N–H and O–H groups in total. The molecule has 2 aromatic rings. The third-order valence-electron chi connectivity index (χ3n) is 6.12. The zero-order chi connectivity index (χ0) is 20.3. The largest absolute Gasteiger partial charge is 0.366 e. The molecule has 4 rings (SSSR count). The molecule has 2 aliphatic rings. The number of hydrogen-bond acceptors (Lipinski definition) is 3. The van der Waals surface area contributed by atoms with Crippen molar-refractivity contribution in [1.29, 1.82) is 0 Å². The number of nitrogens with zero attached hydrogens (tertiary/aromatic N) is 1. The van der Waals surface area contributed by atoms with Gasteiger partial charge in [-0.05, 0) is 49.8 Å². The van der Waals surface area contributed by atoms with Crippen LogP contribution in [0.3, 0.4) is 0 Å². The molecule has 1 saturated heterocycles. The van der Waals surface area contributed by atoms with Crippen molar-refractivity contribution in [2.24, 2.45) is 0 Å². The SMILES string of the molecule is CC(C)NC(=O)CC1Cc2ccccc2C2(CCN(Cc3ccccc3)CC2)O1. The lowest BCUT2D eigenvalue weighted by Crippen LogP contribution is -2.49. The molecule has 2 aromatic carbocycles. The van der Waals surface area contributed by atoms with Crippen LogP contribution in [0.15, 0.2) is 54.6 Å². The van der Waals surface area contributed by atoms with Crippen molar-refractivity contribution in [3.05, 3.63) is 71.3 Å². The molecule has 2 aliphatic heterocycles. The Kier molecular flexibility index (Phi) is 6.02. The number of fused-ring (bicyclic) bond motifs is 2. The van der Waals surface area contributed by atoms with Gasteiger partial charge in [-0.2, -0.15) is 0 Å². The minimum absolute atomic E-state index is 0.0516. The molecule has 1 spiro atoms. The first-order chi connectivity index (χ1) is 14.0. The summed E-state index contributed by atoms with van der Waals surface area (Å²) in [6, 6.07) is 19.5. The van der Waals surface area contributed by atoms with E-state index >= 15 is 0 Å². The van der Waals surface area contributed by atoms with Crippen molar-refractivity contribution < 1.29 is 9.53 Å². The van der Waals surface area contributed by atoms with Gasteiger partial charge in [-0.1, -0.05) is 54.6 Å². The van der Waals surface area contributed by atoms with Crippen LogP contribution in [0.5, 0.6) is 0 Å². The third kappa shape index (κ3) is 4.71. The second kappa shape index (κ2) is 8.68. The first-order valence-electron chi connectivity index (χ1n) is 10.9. The van der Waals surface area contributed by atoms with Crippen molar-refractivity contribution in [3.63, 3.8) is 0 Å². The minimum atomic E-state index is -0.259. The first kappa shape index (κ1) is 20.1. The van der Waals surface area contributed by atoms with E-state index in [9.17, 15) is 4.79 Å². The van der Waals surface area contributed by atoms with Gasteiger partial charge in [-0.3, -0.25) is 9.69 Å². The fourth-order valence-electron chi connectivity index (χ4n) is 4.81. The van der Waals surface area contributed by atoms with Crippen LogP contribution in [-0.2, 0) is 28.1 Å². The van der Waals surface area contributed by atoms with Crippen LogP contribution >= 0.6 is 0 Å². The van der Waals surface area contributed by atoms with Gasteiger partial charge >= 0.3 is 0 Å². The summed E-state index contributed by atoms with van der Waals surface area (Å²) < 4.78 is 6.70. The van der Waals surface area contributed by atoms with Gasteiger partial charge in [0, 0.05) is 25.7 Å². The highest BCUT2D eigenvalue weighted by Gasteiger charge is 2.43. The number of benzene rings is 2. The smallest absolute Gasteiger partial charge is 0.222 e. The van der Waals surface area contributed by atoms with E-state index < -0.39 is 0 Å². The topological polar surface area (TPSA) is 41.6 Å². The van der Waals surface area contributed by atoms with E-state index in [1.807, 2.05) is 13.8 Å². The molecular weight excluding hydrogens is 360 g/mol. The van der Waals surface area contributed by atoms with Crippen LogP contribution in [0.25, 0.3) is 0 Å². The Hall–Kier alpha value is -2.17. The molecule has 2 heterocycles. The molecule has 0 radical (unpaired) electrons. The lowest BCUT2D eigenvalue weighted by molar-refractivity contribution is -0.150. The highest BCUT2D eigenvalue weighted by Crippen LogP contribution is 2.44. The first-order valence-corrected chi connectivity index (χ1v) is 10.9. The van der Waals surface area contributed by atoms with Crippen LogP contribution in [0.1, 0.15) is 49.8 Å². The second-order valence-electron chi connectivity index (χ2n) is 8.78. The average Bonchev–Trinajstić information content (AvgIpc) is 2.70. The normalized spacial score (nSPS) is 21.1. The summed E-state index contributed by atoms with van der Waals surface area (Å²) in [5, 5.41) is 3.01. The summed E-state index contributed by atoms with van der Waals surface area (Å²) in [7, 11) is 0. The van der Waals surface area contributed by atoms with Crippen molar-refractivity contribution in [2.45, 2.75) is 63.8 Å². The molecule has 0 aliphatic carbocycles. The summed E-state index contributed by atoms with van der Waals surface area (Å²) in [6.07, 6.45) is 3.14. The Balaban J connectivity index is 1.47. The Morgan fingerprint density at radius 2 is 1.79 bits per heavy atom. The summed E-state index contributed by atoms with van der Waals surface area (Å²) in [4.78, 5) is 14.9.